The fraction of sp³-hybridized carbons (Fsp3) is 0.100. The highest BCUT2D eigenvalue weighted by Gasteiger charge is 2.16. The van der Waals surface area contributed by atoms with E-state index in [2.05, 4.69) is 5.32 Å². The van der Waals surface area contributed by atoms with Gasteiger partial charge in [-0.1, -0.05) is 6.07 Å². The molecule has 2 rings (SSSR count). The van der Waals surface area contributed by atoms with Crippen LogP contribution in [0.1, 0.15) is 15.4 Å². The second-order valence-corrected chi connectivity index (χ2v) is 4.19. The van der Waals surface area contributed by atoms with Crippen molar-refractivity contribution in [2.24, 2.45) is 0 Å². The van der Waals surface area contributed by atoms with Crippen LogP contribution in [-0.2, 0) is 6.54 Å². The van der Waals surface area contributed by atoms with Crippen LogP contribution in [0.25, 0.3) is 0 Å². The third-order valence-corrected chi connectivity index (χ3v) is 2.88. The Morgan fingerprint density at radius 1 is 1.47 bits per heavy atom. The number of amides is 1. The zero-order valence-electron chi connectivity index (χ0n) is 8.58. The summed E-state index contributed by atoms with van der Waals surface area (Å²) in [7, 11) is 0. The van der Waals surface area contributed by atoms with Crippen LogP contribution in [0.15, 0.2) is 34.1 Å². The Balaban J connectivity index is 1.97. The summed E-state index contributed by atoms with van der Waals surface area (Å²) < 4.78 is 4.77. The van der Waals surface area contributed by atoms with Crippen LogP contribution in [0.4, 0.5) is 5.88 Å². The summed E-state index contributed by atoms with van der Waals surface area (Å²) in [5.74, 6) is -0.967. The predicted molar refractivity (Wildman–Crippen MR) is 60.9 cm³/mol. The van der Waals surface area contributed by atoms with Gasteiger partial charge in [-0.15, -0.1) is 11.3 Å². The van der Waals surface area contributed by atoms with Gasteiger partial charge in [0.2, 0.25) is 0 Å². The molecule has 88 valence electrons. The van der Waals surface area contributed by atoms with Crippen molar-refractivity contribution in [2.75, 3.05) is 0 Å². The number of hydrogen-bond donors (Lipinski definition) is 1. The summed E-state index contributed by atoms with van der Waals surface area (Å²) >= 11 is 1.52. The molecule has 17 heavy (non-hydrogen) atoms. The van der Waals surface area contributed by atoms with Crippen molar-refractivity contribution in [2.45, 2.75) is 6.54 Å². The van der Waals surface area contributed by atoms with Gasteiger partial charge in [0.05, 0.1) is 12.6 Å². The van der Waals surface area contributed by atoms with E-state index in [1.54, 1.807) is 0 Å². The lowest BCUT2D eigenvalue weighted by molar-refractivity contribution is -0.402. The topological polar surface area (TPSA) is 85.4 Å². The summed E-state index contributed by atoms with van der Waals surface area (Å²) in [4.78, 5) is 22.2. The van der Waals surface area contributed by atoms with E-state index in [9.17, 15) is 14.9 Å². The minimum absolute atomic E-state index is 0.0618. The van der Waals surface area contributed by atoms with E-state index in [1.807, 2.05) is 17.5 Å². The van der Waals surface area contributed by atoms with Gasteiger partial charge in [-0.2, -0.15) is 0 Å². The lowest BCUT2D eigenvalue weighted by Gasteiger charge is -1.99. The molecule has 0 unspecified atom stereocenters. The zero-order chi connectivity index (χ0) is 12.3. The Morgan fingerprint density at radius 2 is 2.29 bits per heavy atom. The van der Waals surface area contributed by atoms with Gasteiger partial charge in [0, 0.05) is 4.88 Å². The Bertz CT molecular complexity index is 532. The van der Waals surface area contributed by atoms with Crippen molar-refractivity contribution in [3.8, 4) is 0 Å². The van der Waals surface area contributed by atoms with E-state index in [0.717, 1.165) is 10.9 Å². The molecule has 7 heteroatoms. The normalized spacial score (nSPS) is 10.1. The predicted octanol–water partition coefficient (Wildman–Crippen LogP) is 2.18. The number of furan rings is 1. The highest BCUT2D eigenvalue weighted by atomic mass is 32.1. The quantitative estimate of drug-likeness (QED) is 0.667. The second kappa shape index (κ2) is 4.79. The molecule has 0 saturated carbocycles. The molecule has 0 atom stereocenters. The fourth-order valence-corrected chi connectivity index (χ4v) is 1.86. The van der Waals surface area contributed by atoms with Gasteiger partial charge in [0.15, 0.2) is 5.76 Å². The van der Waals surface area contributed by atoms with Gasteiger partial charge in [-0.25, -0.2) is 0 Å². The van der Waals surface area contributed by atoms with Crippen LogP contribution in [0.5, 0.6) is 0 Å². The molecule has 0 radical (unpaired) electrons. The maximum atomic E-state index is 11.6. The highest BCUT2D eigenvalue weighted by Crippen LogP contribution is 2.15. The van der Waals surface area contributed by atoms with Crippen molar-refractivity contribution >= 4 is 23.1 Å². The summed E-state index contributed by atoms with van der Waals surface area (Å²) in [6.45, 7) is 0.380. The van der Waals surface area contributed by atoms with Crippen molar-refractivity contribution in [1.82, 2.24) is 5.32 Å². The molecule has 0 fully saturated rings. The average Bonchev–Trinajstić information content (AvgIpc) is 2.96. The Kier molecular flexibility index (Phi) is 3.20. The number of nitrogens with zero attached hydrogens (tertiary/aromatic N) is 1. The molecule has 0 aliphatic carbocycles. The number of nitro groups is 1. The lowest BCUT2D eigenvalue weighted by Crippen LogP contribution is -2.21. The van der Waals surface area contributed by atoms with Crippen molar-refractivity contribution < 1.29 is 14.1 Å². The molecule has 2 aromatic heterocycles. The molecule has 1 N–H and O–H groups in total. The summed E-state index contributed by atoms with van der Waals surface area (Å²) in [5, 5.41) is 14.9. The second-order valence-electron chi connectivity index (χ2n) is 3.16. The minimum Gasteiger partial charge on any atom is -0.395 e. The SMILES string of the molecule is O=C(NCc1cccs1)c1ccc([N+](=O)[O-])o1. The van der Waals surface area contributed by atoms with Crippen LogP contribution < -0.4 is 5.32 Å². The number of rotatable bonds is 4. The highest BCUT2D eigenvalue weighted by molar-refractivity contribution is 7.09. The van der Waals surface area contributed by atoms with Crippen LogP contribution in [0, 0.1) is 10.1 Å². The van der Waals surface area contributed by atoms with Crippen LogP contribution in [0.3, 0.4) is 0 Å². The fourth-order valence-electron chi connectivity index (χ4n) is 1.22. The lowest BCUT2D eigenvalue weighted by atomic mass is 10.4. The number of hydrogen-bond acceptors (Lipinski definition) is 5. The Labute approximate surface area is 100 Å². The van der Waals surface area contributed by atoms with Crippen molar-refractivity contribution in [3.05, 3.63) is 50.4 Å². The molecule has 0 saturated heterocycles. The van der Waals surface area contributed by atoms with Gasteiger partial charge < -0.3 is 9.73 Å². The third-order valence-electron chi connectivity index (χ3n) is 2.00. The summed E-state index contributed by atoms with van der Waals surface area (Å²) in [6, 6.07) is 6.20. The molecule has 0 aliphatic heterocycles. The first-order valence-electron chi connectivity index (χ1n) is 4.71. The molecule has 2 aromatic rings. The number of carbonyl (C=O) groups is 1. The Morgan fingerprint density at radius 3 is 2.88 bits per heavy atom. The Hall–Kier alpha value is -2.15. The minimum atomic E-state index is -0.684. The summed E-state index contributed by atoms with van der Waals surface area (Å²) in [6.07, 6.45) is 0. The average molecular weight is 252 g/mol. The molecule has 2 heterocycles. The first-order chi connectivity index (χ1) is 8.16. The van der Waals surface area contributed by atoms with Gasteiger partial charge in [-0.3, -0.25) is 14.9 Å². The third kappa shape index (κ3) is 2.70. The van der Waals surface area contributed by atoms with Gasteiger partial charge >= 0.3 is 5.88 Å². The van der Waals surface area contributed by atoms with Crippen LogP contribution in [0.2, 0.25) is 0 Å². The van der Waals surface area contributed by atoms with E-state index in [-0.39, 0.29) is 5.76 Å². The smallest absolute Gasteiger partial charge is 0.395 e. The van der Waals surface area contributed by atoms with Gasteiger partial charge in [0.25, 0.3) is 5.91 Å². The zero-order valence-corrected chi connectivity index (χ0v) is 9.40. The molecule has 1 amide bonds. The van der Waals surface area contributed by atoms with E-state index < -0.39 is 16.7 Å². The molecule has 0 bridgehead atoms. The number of nitrogens with one attached hydrogen (secondary N) is 1. The number of carbonyl (C=O) groups excluding carboxylic acids is 1. The van der Waals surface area contributed by atoms with Gasteiger partial charge in [0.1, 0.15) is 4.92 Å². The first-order valence-corrected chi connectivity index (χ1v) is 5.59. The van der Waals surface area contributed by atoms with E-state index in [0.29, 0.717) is 6.54 Å². The molecule has 6 nitrogen and oxygen atoms in total. The molecule has 0 aromatic carbocycles. The number of thiophene rings is 1. The van der Waals surface area contributed by atoms with Crippen molar-refractivity contribution in [3.63, 3.8) is 0 Å². The molecular weight excluding hydrogens is 244 g/mol. The van der Waals surface area contributed by atoms with Crippen LogP contribution >= 0.6 is 11.3 Å². The maximum Gasteiger partial charge on any atom is 0.433 e. The summed E-state index contributed by atoms with van der Waals surface area (Å²) in [5.41, 5.74) is 0. The van der Waals surface area contributed by atoms with E-state index in [4.69, 9.17) is 4.42 Å². The van der Waals surface area contributed by atoms with E-state index >= 15 is 0 Å². The molecule has 0 aliphatic rings. The van der Waals surface area contributed by atoms with Crippen LogP contribution in [-0.4, -0.2) is 10.8 Å². The maximum absolute atomic E-state index is 11.6. The van der Waals surface area contributed by atoms with E-state index in [1.165, 1.54) is 17.4 Å². The van der Waals surface area contributed by atoms with Crippen molar-refractivity contribution in [1.29, 1.82) is 0 Å². The first kappa shape index (κ1) is 11.3. The standard InChI is InChI=1S/C10H8N2O4S/c13-10(11-6-7-2-1-5-17-7)8-3-4-9(16-8)12(14)15/h1-5H,6H2,(H,11,13). The molecule has 0 spiro atoms. The van der Waals surface area contributed by atoms with Gasteiger partial charge in [-0.05, 0) is 17.5 Å². The largest absolute Gasteiger partial charge is 0.433 e. The molecular formula is C10H8N2O4S. The monoisotopic (exact) mass is 252 g/mol.